The summed E-state index contributed by atoms with van der Waals surface area (Å²) in [5.74, 6) is -3.33. The van der Waals surface area contributed by atoms with Crippen molar-refractivity contribution in [3.05, 3.63) is 40.6 Å². The van der Waals surface area contributed by atoms with Gasteiger partial charge in [-0.25, -0.2) is 0 Å². The molecule has 5 rings (SSSR count). The molecule has 0 spiro atoms. The van der Waals surface area contributed by atoms with Crippen LogP contribution >= 0.6 is 0 Å². The van der Waals surface area contributed by atoms with Gasteiger partial charge in [-0.2, -0.15) is 0 Å². The summed E-state index contributed by atoms with van der Waals surface area (Å²) in [6.07, 6.45) is -15.1. The van der Waals surface area contributed by atoms with Crippen molar-refractivity contribution in [2.75, 3.05) is 13.2 Å². The van der Waals surface area contributed by atoms with Gasteiger partial charge in [0.2, 0.25) is 17.5 Å². The smallest absolute Gasteiger partial charge is 0.239 e. The SMILES string of the molecule is O=c1c(O[C@@H]2O[C@H](CO[C@H]3OC[C@H](O)[C@@H](O)[C@H]3O)[C@@H](O)[C@H](O)[C@H]2O)c(-c2ccc(O)c(O)c2)oc2cc(O)cc(O)c12. The zero-order chi connectivity index (χ0) is 30.5. The molecule has 3 aromatic rings. The topological polar surface area (TPSA) is 269 Å². The summed E-state index contributed by atoms with van der Waals surface area (Å²) in [6, 6.07) is 5.23. The summed E-state index contributed by atoms with van der Waals surface area (Å²) in [5.41, 5.74) is -1.35. The van der Waals surface area contributed by atoms with E-state index in [1.165, 1.54) is 6.07 Å². The molecule has 42 heavy (non-hydrogen) atoms. The molecule has 0 saturated carbocycles. The Morgan fingerprint density at radius 2 is 1.50 bits per heavy atom. The number of aliphatic hydroxyl groups is 6. The zero-order valence-electron chi connectivity index (χ0n) is 21.4. The first-order valence-electron chi connectivity index (χ1n) is 12.6. The largest absolute Gasteiger partial charge is 0.508 e. The summed E-state index contributed by atoms with van der Waals surface area (Å²) in [6.45, 7) is -0.970. The van der Waals surface area contributed by atoms with Crippen molar-refractivity contribution in [1.29, 1.82) is 0 Å². The molecule has 2 aromatic carbocycles. The fourth-order valence-electron chi connectivity index (χ4n) is 4.61. The van der Waals surface area contributed by atoms with Crippen LogP contribution in [-0.4, -0.2) is 120 Å². The third-order valence-corrected chi connectivity index (χ3v) is 6.94. The molecule has 2 aliphatic rings. The maximum atomic E-state index is 13.5. The second-order valence-corrected chi connectivity index (χ2v) is 9.85. The lowest BCUT2D eigenvalue weighted by Gasteiger charge is -2.41. The van der Waals surface area contributed by atoms with E-state index in [0.29, 0.717) is 0 Å². The molecular formula is C26H28O16. The Morgan fingerprint density at radius 1 is 0.786 bits per heavy atom. The lowest BCUT2D eigenvalue weighted by Crippen LogP contribution is -2.61. The van der Waals surface area contributed by atoms with Crippen molar-refractivity contribution in [2.24, 2.45) is 0 Å². The van der Waals surface area contributed by atoms with E-state index in [2.05, 4.69) is 0 Å². The van der Waals surface area contributed by atoms with Gasteiger partial charge in [0.1, 0.15) is 65.2 Å². The summed E-state index contributed by atoms with van der Waals surface area (Å²) < 4.78 is 27.5. The quantitative estimate of drug-likeness (QED) is 0.137. The van der Waals surface area contributed by atoms with E-state index in [9.17, 15) is 55.9 Å². The summed E-state index contributed by atoms with van der Waals surface area (Å²) >= 11 is 0. The van der Waals surface area contributed by atoms with Crippen molar-refractivity contribution in [3.8, 4) is 40.1 Å². The first-order valence-corrected chi connectivity index (χ1v) is 12.6. The van der Waals surface area contributed by atoms with Crippen molar-refractivity contribution in [1.82, 2.24) is 0 Å². The molecule has 228 valence electrons. The second-order valence-electron chi connectivity index (χ2n) is 9.85. The van der Waals surface area contributed by atoms with Gasteiger partial charge in [-0.15, -0.1) is 0 Å². The van der Waals surface area contributed by atoms with E-state index in [1.807, 2.05) is 0 Å². The second kappa shape index (κ2) is 11.5. The molecule has 16 heteroatoms. The van der Waals surface area contributed by atoms with Gasteiger partial charge < -0.3 is 74.4 Å². The maximum Gasteiger partial charge on any atom is 0.239 e. The monoisotopic (exact) mass is 596 g/mol. The van der Waals surface area contributed by atoms with Crippen LogP contribution in [0.1, 0.15) is 0 Å². The average molecular weight is 596 g/mol. The van der Waals surface area contributed by atoms with E-state index in [4.69, 9.17) is 23.4 Å². The minimum Gasteiger partial charge on any atom is -0.508 e. The number of ether oxygens (including phenoxy) is 4. The van der Waals surface area contributed by atoms with Gasteiger partial charge in [0.05, 0.1) is 13.2 Å². The van der Waals surface area contributed by atoms with Crippen LogP contribution in [0.15, 0.2) is 39.5 Å². The van der Waals surface area contributed by atoms with Crippen LogP contribution in [0.25, 0.3) is 22.3 Å². The molecule has 2 saturated heterocycles. The molecule has 2 fully saturated rings. The molecule has 2 aliphatic heterocycles. The van der Waals surface area contributed by atoms with Gasteiger partial charge >= 0.3 is 0 Å². The third-order valence-electron chi connectivity index (χ3n) is 6.94. The van der Waals surface area contributed by atoms with E-state index in [0.717, 1.165) is 24.3 Å². The predicted molar refractivity (Wildman–Crippen MR) is 136 cm³/mol. The molecule has 9 atom stereocenters. The minimum absolute atomic E-state index is 0.0305. The van der Waals surface area contributed by atoms with Crippen LogP contribution in [0.4, 0.5) is 0 Å². The lowest BCUT2D eigenvalue weighted by atomic mass is 9.99. The highest BCUT2D eigenvalue weighted by molar-refractivity contribution is 5.88. The molecular weight excluding hydrogens is 568 g/mol. The fourth-order valence-corrected chi connectivity index (χ4v) is 4.61. The molecule has 0 radical (unpaired) electrons. The third kappa shape index (κ3) is 5.42. The first-order chi connectivity index (χ1) is 19.9. The zero-order valence-corrected chi connectivity index (χ0v) is 21.4. The van der Waals surface area contributed by atoms with Gasteiger partial charge in [-0.3, -0.25) is 4.79 Å². The molecule has 1 aromatic heterocycles. The van der Waals surface area contributed by atoms with E-state index < -0.39 is 107 Å². The molecule has 0 aliphatic carbocycles. The predicted octanol–water partition coefficient (Wildman–Crippen LogP) is -2.08. The molecule has 0 unspecified atom stereocenters. The Balaban J connectivity index is 1.48. The van der Waals surface area contributed by atoms with Crippen LogP contribution < -0.4 is 10.2 Å². The number of fused-ring (bicyclic) bond motifs is 1. The summed E-state index contributed by atoms with van der Waals surface area (Å²) in [7, 11) is 0. The van der Waals surface area contributed by atoms with Crippen LogP contribution in [-0.2, 0) is 14.2 Å². The summed E-state index contributed by atoms with van der Waals surface area (Å²) in [5, 5.41) is 101. The highest BCUT2D eigenvalue weighted by Gasteiger charge is 2.47. The molecule has 3 heterocycles. The molecule has 16 nitrogen and oxygen atoms in total. The molecule has 0 bridgehead atoms. The number of hydrogen-bond donors (Lipinski definition) is 10. The van der Waals surface area contributed by atoms with Gasteiger partial charge in [-0.1, -0.05) is 0 Å². The standard InChI is InChI=1S/C26H28O16/c27-9-4-12(30)16-14(5-9)40-23(8-1-2-10(28)11(29)3-8)24(19(16)34)42-26-22(37)20(35)18(33)15(41-26)7-39-25-21(36)17(32)13(31)6-38-25/h1-5,13,15,17-18,20-22,25-33,35-37H,6-7H2/t13-,15+,17+,18+,20-,21+,22+,25+,26-/m0/s1. The molecule has 0 amide bonds. The number of benzene rings is 2. The minimum atomic E-state index is -1.96. The van der Waals surface area contributed by atoms with Crippen molar-refractivity contribution < 1.29 is 74.4 Å². The number of phenolic OH excluding ortho intramolecular Hbond substituents is 4. The highest BCUT2D eigenvalue weighted by Crippen LogP contribution is 2.39. The number of hydrogen-bond acceptors (Lipinski definition) is 16. The normalized spacial score (nSPS) is 31.7. The van der Waals surface area contributed by atoms with Crippen molar-refractivity contribution in [3.63, 3.8) is 0 Å². The van der Waals surface area contributed by atoms with E-state index in [-0.39, 0.29) is 17.8 Å². The maximum absolute atomic E-state index is 13.5. The lowest BCUT2D eigenvalue weighted by molar-refractivity contribution is -0.307. The highest BCUT2D eigenvalue weighted by atomic mass is 16.7. The van der Waals surface area contributed by atoms with Gasteiger partial charge in [0.15, 0.2) is 23.5 Å². The number of rotatable bonds is 6. The Morgan fingerprint density at radius 3 is 2.21 bits per heavy atom. The van der Waals surface area contributed by atoms with Crippen LogP contribution in [0, 0.1) is 0 Å². The first kappa shape index (κ1) is 29.8. The molecule has 10 N–H and O–H groups in total. The Labute approximate surface area is 235 Å². The van der Waals surface area contributed by atoms with Crippen molar-refractivity contribution >= 4 is 11.0 Å². The van der Waals surface area contributed by atoms with Crippen molar-refractivity contribution in [2.45, 2.75) is 55.3 Å². The van der Waals surface area contributed by atoms with Crippen LogP contribution in [0.2, 0.25) is 0 Å². The van der Waals surface area contributed by atoms with Gasteiger partial charge in [0, 0.05) is 17.7 Å². The summed E-state index contributed by atoms with van der Waals surface area (Å²) in [4.78, 5) is 13.5. The van der Waals surface area contributed by atoms with Crippen LogP contribution in [0.5, 0.6) is 28.7 Å². The number of aromatic hydroxyl groups is 4. The van der Waals surface area contributed by atoms with Gasteiger partial charge in [-0.05, 0) is 18.2 Å². The van der Waals surface area contributed by atoms with E-state index in [1.54, 1.807) is 0 Å². The average Bonchev–Trinajstić information content (AvgIpc) is 2.94. The van der Waals surface area contributed by atoms with Crippen LogP contribution in [0.3, 0.4) is 0 Å². The van der Waals surface area contributed by atoms with E-state index >= 15 is 0 Å². The Kier molecular flexibility index (Phi) is 8.17. The fraction of sp³-hybridized carbons (Fsp3) is 0.423. The number of phenols is 4. The number of aliphatic hydroxyl groups excluding tert-OH is 6. The van der Waals surface area contributed by atoms with Gasteiger partial charge in [0.25, 0.3) is 0 Å². The Bertz CT molecular complexity index is 1510. The Hall–Kier alpha value is -3.71.